The Labute approximate surface area is 132 Å². The van der Waals surface area contributed by atoms with E-state index in [9.17, 15) is 9.18 Å². The quantitative estimate of drug-likeness (QED) is 0.802. The highest BCUT2D eigenvalue weighted by Crippen LogP contribution is 2.19. The second-order valence-electron chi connectivity index (χ2n) is 5.03. The first kappa shape index (κ1) is 14.9. The van der Waals surface area contributed by atoms with Crippen molar-refractivity contribution in [1.82, 2.24) is 15.5 Å². The van der Waals surface area contributed by atoms with Gasteiger partial charge in [-0.15, -0.1) is 10.2 Å². The third-order valence-electron chi connectivity index (χ3n) is 3.34. The fourth-order valence-electron chi connectivity index (χ4n) is 2.14. The molecule has 1 N–H and O–H groups in total. The number of benzene rings is 2. The minimum atomic E-state index is -0.475. The molecule has 0 radical (unpaired) electrons. The molecule has 23 heavy (non-hydrogen) atoms. The topological polar surface area (TPSA) is 68.0 Å². The lowest BCUT2D eigenvalue weighted by Crippen LogP contribution is -2.26. The van der Waals surface area contributed by atoms with Crippen molar-refractivity contribution in [1.29, 1.82) is 0 Å². The molecule has 1 unspecified atom stereocenters. The molecule has 1 aromatic heterocycles. The maximum Gasteiger partial charge on any atom is 0.309 e. The number of carbonyl (C=O) groups is 1. The highest BCUT2D eigenvalue weighted by atomic mass is 19.1. The first-order valence-electron chi connectivity index (χ1n) is 7.09. The van der Waals surface area contributed by atoms with Gasteiger partial charge >= 0.3 is 11.8 Å². The molecule has 1 amide bonds. The summed E-state index contributed by atoms with van der Waals surface area (Å²) in [6.07, 6.45) is 0. The zero-order valence-corrected chi connectivity index (χ0v) is 12.4. The first-order valence-corrected chi connectivity index (χ1v) is 7.09. The molecule has 0 saturated carbocycles. The van der Waals surface area contributed by atoms with Gasteiger partial charge in [-0.05, 0) is 30.7 Å². The van der Waals surface area contributed by atoms with Crippen molar-refractivity contribution >= 4 is 5.91 Å². The van der Waals surface area contributed by atoms with E-state index in [0.29, 0.717) is 5.56 Å². The van der Waals surface area contributed by atoms with Gasteiger partial charge in [-0.25, -0.2) is 4.39 Å². The average Bonchev–Trinajstić information content (AvgIpc) is 3.06. The van der Waals surface area contributed by atoms with E-state index >= 15 is 0 Å². The Morgan fingerprint density at radius 1 is 1.13 bits per heavy atom. The van der Waals surface area contributed by atoms with Crippen molar-refractivity contribution in [2.24, 2.45) is 0 Å². The van der Waals surface area contributed by atoms with Crippen LogP contribution < -0.4 is 5.32 Å². The van der Waals surface area contributed by atoms with Crippen molar-refractivity contribution in [3.8, 4) is 11.5 Å². The van der Waals surface area contributed by atoms with Crippen LogP contribution in [0, 0.1) is 5.82 Å². The van der Waals surface area contributed by atoms with Crippen molar-refractivity contribution in [2.75, 3.05) is 0 Å². The van der Waals surface area contributed by atoms with Crippen LogP contribution in [-0.2, 0) is 0 Å². The van der Waals surface area contributed by atoms with Crippen LogP contribution >= 0.6 is 0 Å². The van der Waals surface area contributed by atoms with Crippen LogP contribution in [-0.4, -0.2) is 16.1 Å². The number of hydrogen-bond acceptors (Lipinski definition) is 4. The maximum absolute atomic E-state index is 13.2. The smallest absolute Gasteiger partial charge is 0.309 e. The number of nitrogens with zero attached hydrogens (tertiary/aromatic N) is 2. The van der Waals surface area contributed by atoms with E-state index in [1.165, 1.54) is 18.2 Å². The van der Waals surface area contributed by atoms with Gasteiger partial charge in [-0.1, -0.05) is 36.4 Å². The van der Waals surface area contributed by atoms with Crippen LogP contribution in [0.15, 0.2) is 59.0 Å². The molecule has 0 spiro atoms. The predicted octanol–water partition coefficient (Wildman–Crippen LogP) is 3.37. The average molecular weight is 311 g/mol. The van der Waals surface area contributed by atoms with Gasteiger partial charge < -0.3 is 9.73 Å². The molecular formula is C17H14FN3O2. The molecule has 0 aliphatic carbocycles. The number of aromatic nitrogens is 2. The zero-order chi connectivity index (χ0) is 16.2. The number of hydrogen-bond donors (Lipinski definition) is 1. The first-order chi connectivity index (χ1) is 11.1. The molecule has 1 atom stereocenters. The van der Waals surface area contributed by atoms with Gasteiger partial charge in [0.25, 0.3) is 0 Å². The summed E-state index contributed by atoms with van der Waals surface area (Å²) in [4.78, 5) is 12.2. The molecule has 0 aliphatic rings. The van der Waals surface area contributed by atoms with Gasteiger partial charge in [-0.2, -0.15) is 0 Å². The van der Waals surface area contributed by atoms with Crippen LogP contribution in [0.2, 0.25) is 0 Å². The largest absolute Gasteiger partial charge is 0.412 e. The Bertz CT molecular complexity index is 817. The van der Waals surface area contributed by atoms with E-state index in [4.69, 9.17) is 4.42 Å². The fraction of sp³-hybridized carbons (Fsp3) is 0.118. The molecular weight excluding hydrogens is 297 g/mol. The van der Waals surface area contributed by atoms with Crippen molar-refractivity contribution in [2.45, 2.75) is 13.0 Å². The highest BCUT2D eigenvalue weighted by molar-refractivity contribution is 5.90. The van der Waals surface area contributed by atoms with E-state index in [2.05, 4.69) is 15.5 Å². The maximum atomic E-state index is 13.2. The Hall–Kier alpha value is -3.02. The number of halogens is 1. The van der Waals surface area contributed by atoms with Gasteiger partial charge in [0.15, 0.2) is 0 Å². The number of carbonyl (C=O) groups excluding carboxylic acids is 1. The van der Waals surface area contributed by atoms with Gasteiger partial charge in [0, 0.05) is 5.56 Å². The Kier molecular flexibility index (Phi) is 4.14. The number of amides is 1. The third-order valence-corrected chi connectivity index (χ3v) is 3.34. The normalized spacial score (nSPS) is 11.9. The molecule has 3 aromatic rings. The molecule has 0 fully saturated rings. The number of nitrogens with one attached hydrogen (secondary N) is 1. The van der Waals surface area contributed by atoms with E-state index in [0.717, 1.165) is 5.56 Å². The van der Waals surface area contributed by atoms with Crippen LogP contribution in [0.3, 0.4) is 0 Å². The van der Waals surface area contributed by atoms with Crippen LogP contribution in [0.5, 0.6) is 0 Å². The van der Waals surface area contributed by atoms with Crippen molar-refractivity contribution in [3.05, 3.63) is 71.9 Å². The van der Waals surface area contributed by atoms with Crippen LogP contribution in [0.4, 0.5) is 4.39 Å². The van der Waals surface area contributed by atoms with Crippen LogP contribution in [0.25, 0.3) is 11.5 Å². The standard InChI is InChI=1S/C17H14FN3O2/c1-11(12-6-3-2-4-7-12)19-15(22)17-21-20-16(23-17)13-8-5-9-14(18)10-13/h2-11H,1H3,(H,19,22). The Morgan fingerprint density at radius 3 is 2.65 bits per heavy atom. The summed E-state index contributed by atoms with van der Waals surface area (Å²) in [6.45, 7) is 1.86. The van der Waals surface area contributed by atoms with E-state index < -0.39 is 11.7 Å². The lowest BCUT2D eigenvalue weighted by atomic mass is 10.1. The summed E-state index contributed by atoms with van der Waals surface area (Å²) in [7, 11) is 0. The minimum absolute atomic E-state index is 0.0991. The molecule has 0 bridgehead atoms. The zero-order valence-electron chi connectivity index (χ0n) is 12.4. The molecule has 0 saturated heterocycles. The van der Waals surface area contributed by atoms with Crippen molar-refractivity contribution in [3.63, 3.8) is 0 Å². The SMILES string of the molecule is CC(NC(=O)c1nnc(-c2cccc(F)c2)o1)c1ccccc1. The Balaban J connectivity index is 1.74. The predicted molar refractivity (Wildman–Crippen MR) is 82.0 cm³/mol. The second-order valence-corrected chi connectivity index (χ2v) is 5.03. The molecule has 3 rings (SSSR count). The number of rotatable bonds is 4. The van der Waals surface area contributed by atoms with Gasteiger partial charge in [0.2, 0.25) is 5.89 Å². The molecule has 5 nitrogen and oxygen atoms in total. The summed E-state index contributed by atoms with van der Waals surface area (Å²) < 4.78 is 18.5. The molecule has 116 valence electrons. The highest BCUT2D eigenvalue weighted by Gasteiger charge is 2.18. The molecule has 6 heteroatoms. The molecule has 2 aromatic carbocycles. The minimum Gasteiger partial charge on any atom is -0.412 e. The van der Waals surface area contributed by atoms with Gasteiger partial charge in [0.05, 0.1) is 6.04 Å². The van der Waals surface area contributed by atoms with Gasteiger partial charge in [0.1, 0.15) is 5.82 Å². The summed E-state index contributed by atoms with van der Waals surface area (Å²) in [5.74, 6) is -0.949. The molecule has 1 heterocycles. The summed E-state index contributed by atoms with van der Waals surface area (Å²) in [5, 5.41) is 10.3. The second kappa shape index (κ2) is 6.39. The van der Waals surface area contributed by atoms with Crippen molar-refractivity contribution < 1.29 is 13.6 Å². The van der Waals surface area contributed by atoms with Gasteiger partial charge in [-0.3, -0.25) is 4.79 Å². The summed E-state index contributed by atoms with van der Waals surface area (Å²) in [5.41, 5.74) is 1.39. The fourth-order valence-corrected chi connectivity index (χ4v) is 2.14. The summed E-state index contributed by atoms with van der Waals surface area (Å²) in [6, 6.07) is 15.1. The van der Waals surface area contributed by atoms with E-state index in [1.807, 2.05) is 37.3 Å². The monoisotopic (exact) mass is 311 g/mol. The van der Waals surface area contributed by atoms with E-state index in [-0.39, 0.29) is 17.8 Å². The van der Waals surface area contributed by atoms with Crippen LogP contribution in [0.1, 0.15) is 29.2 Å². The molecule has 0 aliphatic heterocycles. The summed E-state index contributed by atoms with van der Waals surface area (Å²) >= 11 is 0. The Morgan fingerprint density at radius 2 is 1.91 bits per heavy atom. The lowest BCUT2D eigenvalue weighted by molar-refractivity contribution is 0.0905. The van der Waals surface area contributed by atoms with E-state index in [1.54, 1.807) is 6.07 Å². The third kappa shape index (κ3) is 3.42. The lowest BCUT2D eigenvalue weighted by Gasteiger charge is -2.12.